The van der Waals surface area contributed by atoms with E-state index in [-0.39, 0.29) is 5.91 Å². The highest BCUT2D eigenvalue weighted by molar-refractivity contribution is 9.10. The molecule has 0 aliphatic heterocycles. The van der Waals surface area contributed by atoms with Gasteiger partial charge in [0, 0.05) is 20.6 Å². The van der Waals surface area contributed by atoms with Crippen molar-refractivity contribution < 1.29 is 9.53 Å². The van der Waals surface area contributed by atoms with Crippen LogP contribution in [0.1, 0.15) is 5.56 Å². The SMILES string of the molecule is COc1ccc(CNCC(=O)N(C)C)cc1Br. The number of methoxy groups -OCH3 is 1. The van der Waals surface area contributed by atoms with Crippen molar-refractivity contribution in [1.29, 1.82) is 0 Å². The molecule has 0 aliphatic carbocycles. The highest BCUT2D eigenvalue weighted by Gasteiger charge is 2.04. The molecule has 5 heteroatoms. The van der Waals surface area contributed by atoms with Gasteiger partial charge in [-0.05, 0) is 33.6 Å². The van der Waals surface area contributed by atoms with Crippen molar-refractivity contribution in [3.8, 4) is 5.75 Å². The fraction of sp³-hybridized carbons (Fsp3) is 0.417. The Kier molecular flexibility index (Phi) is 5.44. The van der Waals surface area contributed by atoms with Gasteiger partial charge in [-0.1, -0.05) is 6.07 Å². The average Bonchev–Trinajstić information content (AvgIpc) is 2.29. The van der Waals surface area contributed by atoms with Gasteiger partial charge in [0.1, 0.15) is 5.75 Å². The van der Waals surface area contributed by atoms with Gasteiger partial charge in [0.25, 0.3) is 0 Å². The van der Waals surface area contributed by atoms with Crippen molar-refractivity contribution in [1.82, 2.24) is 10.2 Å². The normalized spacial score (nSPS) is 10.1. The lowest BCUT2D eigenvalue weighted by molar-refractivity contribution is -0.127. The summed E-state index contributed by atoms with van der Waals surface area (Å²) < 4.78 is 6.06. The third-order valence-corrected chi connectivity index (χ3v) is 2.94. The molecule has 1 aromatic carbocycles. The third-order valence-electron chi connectivity index (χ3n) is 2.32. The third kappa shape index (κ3) is 4.36. The van der Waals surface area contributed by atoms with Crippen molar-refractivity contribution in [3.63, 3.8) is 0 Å². The number of likely N-dealkylation sites (N-methyl/N-ethyl adjacent to an activating group) is 1. The van der Waals surface area contributed by atoms with Crippen LogP contribution >= 0.6 is 15.9 Å². The molecule has 0 saturated heterocycles. The molecule has 0 aliphatic rings. The molecule has 0 saturated carbocycles. The summed E-state index contributed by atoms with van der Waals surface area (Å²) in [7, 11) is 5.12. The summed E-state index contributed by atoms with van der Waals surface area (Å²) in [5.41, 5.74) is 1.10. The Morgan fingerprint density at radius 1 is 1.47 bits per heavy atom. The minimum Gasteiger partial charge on any atom is -0.496 e. The van der Waals surface area contributed by atoms with Gasteiger partial charge in [-0.2, -0.15) is 0 Å². The summed E-state index contributed by atoms with van der Waals surface area (Å²) in [5, 5.41) is 3.09. The summed E-state index contributed by atoms with van der Waals surface area (Å²) in [6.45, 7) is 0.999. The lowest BCUT2D eigenvalue weighted by Gasteiger charge is -2.11. The Bertz CT molecular complexity index is 394. The topological polar surface area (TPSA) is 41.6 Å². The minimum atomic E-state index is 0.0672. The van der Waals surface area contributed by atoms with Crippen LogP contribution in [-0.2, 0) is 11.3 Å². The predicted molar refractivity (Wildman–Crippen MR) is 71.1 cm³/mol. The van der Waals surface area contributed by atoms with Crippen molar-refractivity contribution in [3.05, 3.63) is 28.2 Å². The first-order chi connectivity index (χ1) is 8.04. The number of amides is 1. The first-order valence-corrected chi connectivity index (χ1v) is 6.07. The molecular formula is C12H17BrN2O2. The molecule has 1 amide bonds. The standard InChI is InChI=1S/C12H17BrN2O2/c1-15(2)12(16)8-14-7-9-4-5-11(17-3)10(13)6-9/h4-6,14H,7-8H2,1-3H3. The van der Waals surface area contributed by atoms with Crippen LogP contribution in [0, 0.1) is 0 Å². The summed E-state index contributed by atoms with van der Waals surface area (Å²) in [6, 6.07) is 5.84. The molecule has 0 unspecified atom stereocenters. The molecule has 4 nitrogen and oxygen atoms in total. The number of nitrogens with zero attached hydrogens (tertiary/aromatic N) is 1. The Morgan fingerprint density at radius 2 is 2.18 bits per heavy atom. The summed E-state index contributed by atoms with van der Waals surface area (Å²) in [6.07, 6.45) is 0. The molecule has 17 heavy (non-hydrogen) atoms. The largest absolute Gasteiger partial charge is 0.496 e. The van der Waals surface area contributed by atoms with Crippen LogP contribution in [0.25, 0.3) is 0 Å². The van der Waals surface area contributed by atoms with Gasteiger partial charge in [0.05, 0.1) is 18.1 Å². The monoisotopic (exact) mass is 300 g/mol. The zero-order valence-corrected chi connectivity index (χ0v) is 11.9. The van der Waals surface area contributed by atoms with Crippen LogP contribution in [0.5, 0.6) is 5.75 Å². The van der Waals surface area contributed by atoms with Crippen LogP contribution in [0.3, 0.4) is 0 Å². The molecule has 0 aromatic heterocycles. The van der Waals surface area contributed by atoms with Gasteiger partial charge >= 0.3 is 0 Å². The molecule has 1 aromatic rings. The van der Waals surface area contributed by atoms with Crippen LogP contribution in [0.15, 0.2) is 22.7 Å². The van der Waals surface area contributed by atoms with Crippen LogP contribution < -0.4 is 10.1 Å². The van der Waals surface area contributed by atoms with Crippen molar-refractivity contribution >= 4 is 21.8 Å². The van der Waals surface area contributed by atoms with E-state index < -0.39 is 0 Å². The zero-order valence-electron chi connectivity index (χ0n) is 10.3. The van der Waals surface area contributed by atoms with E-state index in [1.165, 1.54) is 0 Å². The summed E-state index contributed by atoms with van der Waals surface area (Å²) >= 11 is 3.42. The van der Waals surface area contributed by atoms with Crippen molar-refractivity contribution in [2.24, 2.45) is 0 Å². The van der Waals surface area contributed by atoms with E-state index in [0.717, 1.165) is 15.8 Å². The fourth-order valence-corrected chi connectivity index (χ4v) is 1.88. The van der Waals surface area contributed by atoms with E-state index in [2.05, 4.69) is 21.2 Å². The smallest absolute Gasteiger partial charge is 0.236 e. The van der Waals surface area contributed by atoms with Crippen molar-refractivity contribution in [2.45, 2.75) is 6.54 Å². The Balaban J connectivity index is 2.47. The number of nitrogens with one attached hydrogen (secondary N) is 1. The van der Waals surface area contributed by atoms with E-state index in [1.54, 1.807) is 26.1 Å². The lowest BCUT2D eigenvalue weighted by Crippen LogP contribution is -2.32. The first kappa shape index (κ1) is 14.0. The molecule has 0 fully saturated rings. The van der Waals surface area contributed by atoms with Crippen LogP contribution in [-0.4, -0.2) is 38.6 Å². The minimum absolute atomic E-state index is 0.0672. The second-order valence-corrected chi connectivity index (χ2v) is 4.71. The van der Waals surface area contributed by atoms with Crippen molar-refractivity contribution in [2.75, 3.05) is 27.7 Å². The molecule has 0 spiro atoms. The van der Waals surface area contributed by atoms with Gasteiger partial charge in [0.15, 0.2) is 0 Å². The van der Waals surface area contributed by atoms with Gasteiger partial charge in [-0.25, -0.2) is 0 Å². The van der Waals surface area contributed by atoms with Gasteiger partial charge in [0.2, 0.25) is 5.91 Å². The lowest BCUT2D eigenvalue weighted by atomic mass is 10.2. The van der Waals surface area contributed by atoms with E-state index in [1.807, 2.05) is 18.2 Å². The fourth-order valence-electron chi connectivity index (χ4n) is 1.29. The predicted octanol–water partition coefficient (Wildman–Crippen LogP) is 1.64. The number of hydrogen-bond acceptors (Lipinski definition) is 3. The Labute approximate surface area is 110 Å². The number of halogens is 1. The second kappa shape index (κ2) is 6.61. The number of rotatable bonds is 5. The van der Waals surface area contributed by atoms with Gasteiger partial charge < -0.3 is 15.0 Å². The molecule has 0 atom stereocenters. The number of ether oxygens (including phenoxy) is 1. The quantitative estimate of drug-likeness (QED) is 0.899. The zero-order chi connectivity index (χ0) is 12.8. The molecular weight excluding hydrogens is 284 g/mol. The number of hydrogen-bond donors (Lipinski definition) is 1. The number of carbonyl (C=O) groups is 1. The Morgan fingerprint density at radius 3 is 2.71 bits per heavy atom. The van der Waals surface area contributed by atoms with E-state index in [4.69, 9.17) is 4.74 Å². The number of carbonyl (C=O) groups excluding carboxylic acids is 1. The van der Waals surface area contributed by atoms with E-state index >= 15 is 0 Å². The molecule has 0 heterocycles. The highest BCUT2D eigenvalue weighted by atomic mass is 79.9. The van der Waals surface area contributed by atoms with Crippen LogP contribution in [0.4, 0.5) is 0 Å². The molecule has 0 radical (unpaired) electrons. The highest BCUT2D eigenvalue weighted by Crippen LogP contribution is 2.25. The van der Waals surface area contributed by atoms with E-state index in [0.29, 0.717) is 13.1 Å². The number of benzene rings is 1. The van der Waals surface area contributed by atoms with Gasteiger partial charge in [-0.3, -0.25) is 4.79 Å². The molecule has 1 N–H and O–H groups in total. The second-order valence-electron chi connectivity index (χ2n) is 3.86. The molecule has 1 rings (SSSR count). The maximum absolute atomic E-state index is 11.3. The summed E-state index contributed by atoms with van der Waals surface area (Å²) in [4.78, 5) is 12.9. The van der Waals surface area contributed by atoms with Gasteiger partial charge in [-0.15, -0.1) is 0 Å². The Hall–Kier alpha value is -1.07. The average molecular weight is 301 g/mol. The maximum Gasteiger partial charge on any atom is 0.236 e. The summed E-state index contributed by atoms with van der Waals surface area (Å²) in [5.74, 6) is 0.871. The first-order valence-electron chi connectivity index (χ1n) is 5.28. The molecule has 0 bridgehead atoms. The molecule has 94 valence electrons. The maximum atomic E-state index is 11.3. The van der Waals surface area contributed by atoms with E-state index in [9.17, 15) is 4.79 Å². The van der Waals surface area contributed by atoms with Crippen LogP contribution in [0.2, 0.25) is 0 Å².